The van der Waals surface area contributed by atoms with Crippen LogP contribution >= 0.6 is 0 Å². The van der Waals surface area contributed by atoms with Crippen molar-refractivity contribution in [2.45, 2.75) is 0 Å². The minimum Gasteiger partial charge on any atom is -0.545 e. The maximum absolute atomic E-state index is 11.4. The van der Waals surface area contributed by atoms with E-state index in [0.29, 0.717) is 5.69 Å². The number of aromatic carboxylic acids is 1. The van der Waals surface area contributed by atoms with Crippen LogP contribution in [0.4, 0.5) is 0 Å². The van der Waals surface area contributed by atoms with E-state index in [-0.39, 0.29) is 5.56 Å². The Balaban J connectivity index is 2.17. The number of nitrogens with zero attached hydrogens (tertiary/aromatic N) is 2. The summed E-state index contributed by atoms with van der Waals surface area (Å²) in [5.74, 6) is -0.532. The van der Waals surface area contributed by atoms with Gasteiger partial charge in [-0.15, -0.1) is 0 Å². The molecule has 3 aromatic rings. The summed E-state index contributed by atoms with van der Waals surface area (Å²) in [6, 6.07) is 16.5. The molecule has 0 fully saturated rings. The molecule has 110 valence electrons. The monoisotopic (exact) mass is 293 g/mol. The minimum absolute atomic E-state index is 0.0574. The first-order valence-electron chi connectivity index (χ1n) is 6.70. The van der Waals surface area contributed by atoms with Crippen LogP contribution in [0.15, 0.2) is 60.8 Å². The zero-order valence-corrected chi connectivity index (χ0v) is 11.9. The molecule has 0 saturated carbocycles. The number of hydrogen-bond acceptors (Lipinski definition) is 4. The van der Waals surface area contributed by atoms with Gasteiger partial charge in [-0.2, -0.15) is 5.10 Å². The predicted molar refractivity (Wildman–Crippen MR) is 79.9 cm³/mol. The fourth-order valence-corrected chi connectivity index (χ4v) is 2.29. The molecule has 0 N–H and O–H groups in total. The number of ether oxygens (including phenoxy) is 1. The summed E-state index contributed by atoms with van der Waals surface area (Å²) in [6.07, 6.45) is 1.31. The number of carboxylic acids is 1. The average molecular weight is 293 g/mol. The lowest BCUT2D eigenvalue weighted by atomic mass is 10.1. The van der Waals surface area contributed by atoms with Gasteiger partial charge >= 0.3 is 0 Å². The van der Waals surface area contributed by atoms with Gasteiger partial charge in [0, 0.05) is 11.1 Å². The van der Waals surface area contributed by atoms with Crippen molar-refractivity contribution in [2.75, 3.05) is 7.11 Å². The number of methoxy groups -OCH3 is 1. The molecule has 0 saturated heterocycles. The number of carbonyl (C=O) groups excluding carboxylic acids is 1. The number of rotatable bonds is 4. The van der Waals surface area contributed by atoms with Crippen molar-refractivity contribution in [1.29, 1.82) is 0 Å². The van der Waals surface area contributed by atoms with Gasteiger partial charge in [0.2, 0.25) is 0 Å². The van der Waals surface area contributed by atoms with Gasteiger partial charge in [0.1, 0.15) is 5.75 Å². The Hall–Kier alpha value is -3.08. The van der Waals surface area contributed by atoms with E-state index in [0.717, 1.165) is 17.0 Å². The molecule has 0 atom stereocenters. The molecule has 0 aliphatic rings. The molecule has 1 aromatic heterocycles. The Morgan fingerprint density at radius 3 is 2.36 bits per heavy atom. The van der Waals surface area contributed by atoms with Gasteiger partial charge in [0.15, 0.2) is 0 Å². The zero-order valence-electron chi connectivity index (χ0n) is 11.9. The van der Waals surface area contributed by atoms with Gasteiger partial charge in [0.05, 0.1) is 30.7 Å². The third-order valence-electron chi connectivity index (χ3n) is 3.35. The van der Waals surface area contributed by atoms with Crippen molar-refractivity contribution < 1.29 is 14.6 Å². The molecule has 22 heavy (non-hydrogen) atoms. The van der Waals surface area contributed by atoms with Gasteiger partial charge in [0.25, 0.3) is 0 Å². The summed E-state index contributed by atoms with van der Waals surface area (Å²) < 4.78 is 6.71. The van der Waals surface area contributed by atoms with Crippen LogP contribution in [0.25, 0.3) is 16.9 Å². The standard InChI is InChI=1S/C17H14N2O3/c1-22-14-9-7-13(8-10-14)19-16(12-5-3-2-4-6-12)15(11-18-19)17(20)21/h2-11H,1H3,(H,20,21)/p-1. The Kier molecular flexibility index (Phi) is 3.62. The summed E-state index contributed by atoms with van der Waals surface area (Å²) >= 11 is 0. The maximum Gasteiger partial charge on any atom is 0.119 e. The number of benzene rings is 2. The molecule has 0 radical (unpaired) electrons. The van der Waals surface area contributed by atoms with Crippen LogP contribution in [0, 0.1) is 0 Å². The summed E-state index contributed by atoms with van der Waals surface area (Å²) in [4.78, 5) is 11.4. The molecule has 5 nitrogen and oxygen atoms in total. The smallest absolute Gasteiger partial charge is 0.119 e. The van der Waals surface area contributed by atoms with E-state index >= 15 is 0 Å². The normalized spacial score (nSPS) is 10.4. The zero-order chi connectivity index (χ0) is 15.5. The van der Waals surface area contributed by atoms with Crippen molar-refractivity contribution in [2.24, 2.45) is 0 Å². The first-order valence-corrected chi connectivity index (χ1v) is 6.70. The lowest BCUT2D eigenvalue weighted by molar-refractivity contribution is -0.254. The molecule has 2 aromatic carbocycles. The third kappa shape index (κ3) is 2.44. The quantitative estimate of drug-likeness (QED) is 0.737. The lowest BCUT2D eigenvalue weighted by Crippen LogP contribution is -2.22. The number of hydrogen-bond donors (Lipinski definition) is 0. The molecule has 0 bridgehead atoms. The van der Waals surface area contributed by atoms with Crippen molar-refractivity contribution in [3.63, 3.8) is 0 Å². The van der Waals surface area contributed by atoms with Crippen molar-refractivity contribution in [3.8, 4) is 22.7 Å². The van der Waals surface area contributed by atoms with Crippen LogP contribution < -0.4 is 9.84 Å². The van der Waals surface area contributed by atoms with Crippen LogP contribution in [0.1, 0.15) is 10.4 Å². The lowest BCUT2D eigenvalue weighted by Gasteiger charge is -2.11. The predicted octanol–water partition coefficient (Wildman–Crippen LogP) is 1.91. The van der Waals surface area contributed by atoms with E-state index < -0.39 is 5.97 Å². The molecule has 5 heteroatoms. The van der Waals surface area contributed by atoms with Gasteiger partial charge in [-0.3, -0.25) is 0 Å². The molecule has 3 rings (SSSR count). The second kappa shape index (κ2) is 5.73. The highest BCUT2D eigenvalue weighted by Crippen LogP contribution is 2.27. The van der Waals surface area contributed by atoms with Crippen molar-refractivity contribution >= 4 is 5.97 Å². The van der Waals surface area contributed by atoms with Crippen LogP contribution in [0.3, 0.4) is 0 Å². The maximum atomic E-state index is 11.4. The summed E-state index contributed by atoms with van der Waals surface area (Å²) in [5, 5.41) is 15.6. The minimum atomic E-state index is -1.25. The first-order chi connectivity index (χ1) is 10.7. The van der Waals surface area contributed by atoms with Crippen molar-refractivity contribution in [3.05, 3.63) is 66.4 Å². The van der Waals surface area contributed by atoms with Crippen LogP contribution in [-0.2, 0) is 0 Å². The van der Waals surface area contributed by atoms with Crippen LogP contribution in [0.5, 0.6) is 5.75 Å². The second-order valence-electron chi connectivity index (χ2n) is 4.67. The fourth-order valence-electron chi connectivity index (χ4n) is 2.29. The van der Waals surface area contributed by atoms with E-state index in [4.69, 9.17) is 4.74 Å². The Morgan fingerprint density at radius 1 is 1.09 bits per heavy atom. The summed E-state index contributed by atoms with van der Waals surface area (Å²) in [6.45, 7) is 0. The fraction of sp³-hybridized carbons (Fsp3) is 0.0588. The Morgan fingerprint density at radius 2 is 1.77 bits per heavy atom. The molecule has 0 spiro atoms. The molecule has 0 unspecified atom stereocenters. The molecule has 0 aliphatic heterocycles. The van der Waals surface area contributed by atoms with Gasteiger partial charge in [-0.1, -0.05) is 30.3 Å². The number of aromatic nitrogens is 2. The van der Waals surface area contributed by atoms with Crippen molar-refractivity contribution in [1.82, 2.24) is 9.78 Å². The largest absolute Gasteiger partial charge is 0.545 e. The average Bonchev–Trinajstić information content (AvgIpc) is 3.01. The molecular weight excluding hydrogens is 280 g/mol. The molecule has 1 heterocycles. The highest BCUT2D eigenvalue weighted by molar-refractivity contribution is 5.93. The van der Waals surface area contributed by atoms with E-state index in [9.17, 15) is 9.90 Å². The van der Waals surface area contributed by atoms with Crippen LogP contribution in [-0.4, -0.2) is 22.9 Å². The summed E-state index contributed by atoms with van der Waals surface area (Å²) in [5.41, 5.74) is 2.05. The highest BCUT2D eigenvalue weighted by atomic mass is 16.5. The topological polar surface area (TPSA) is 67.2 Å². The van der Waals surface area contributed by atoms with E-state index in [2.05, 4.69) is 5.10 Å². The number of carbonyl (C=O) groups is 1. The highest BCUT2D eigenvalue weighted by Gasteiger charge is 2.15. The number of carboxylic acid groups (broad SMARTS) is 1. The van der Waals surface area contributed by atoms with E-state index in [1.165, 1.54) is 6.20 Å². The summed E-state index contributed by atoms with van der Waals surface area (Å²) in [7, 11) is 1.59. The van der Waals surface area contributed by atoms with Gasteiger partial charge in [-0.25, -0.2) is 4.68 Å². The van der Waals surface area contributed by atoms with E-state index in [1.807, 2.05) is 42.5 Å². The molecular formula is C17H13N2O3-. The SMILES string of the molecule is COc1ccc(-n2ncc(C(=O)[O-])c2-c2ccccc2)cc1. The van der Waals surface area contributed by atoms with Gasteiger partial charge < -0.3 is 14.6 Å². The first kappa shape index (κ1) is 13.9. The Labute approximate surface area is 127 Å². The Bertz CT molecular complexity index is 793. The van der Waals surface area contributed by atoms with Gasteiger partial charge in [-0.05, 0) is 24.3 Å². The third-order valence-corrected chi connectivity index (χ3v) is 3.35. The van der Waals surface area contributed by atoms with Crippen LogP contribution in [0.2, 0.25) is 0 Å². The van der Waals surface area contributed by atoms with E-state index in [1.54, 1.807) is 23.9 Å². The second-order valence-corrected chi connectivity index (χ2v) is 4.67. The molecule has 0 amide bonds. The molecule has 0 aliphatic carbocycles.